The molecule has 0 unspecified atom stereocenters. The van der Waals surface area contributed by atoms with Crippen LogP contribution in [0.15, 0.2) is 47.4 Å². The van der Waals surface area contributed by atoms with Crippen LogP contribution in [0.4, 0.5) is 11.4 Å². The molecule has 0 spiro atoms. The number of nitro benzene ring substituents is 1. The first kappa shape index (κ1) is 23.7. The Morgan fingerprint density at radius 3 is 2.28 bits per heavy atom. The van der Waals surface area contributed by atoms with Gasteiger partial charge in [-0.1, -0.05) is 26.0 Å². The van der Waals surface area contributed by atoms with Crippen LogP contribution in [0.2, 0.25) is 0 Å². The maximum Gasteiger partial charge on any atom is 0.270 e. The minimum Gasteiger partial charge on any atom is -0.371 e. The largest absolute Gasteiger partial charge is 0.371 e. The van der Waals surface area contributed by atoms with Gasteiger partial charge < -0.3 is 10.2 Å². The molecule has 32 heavy (non-hydrogen) atoms. The summed E-state index contributed by atoms with van der Waals surface area (Å²) in [6.07, 6.45) is 2.03. The van der Waals surface area contributed by atoms with E-state index in [-0.39, 0.29) is 22.7 Å². The highest BCUT2D eigenvalue weighted by Crippen LogP contribution is 2.28. The lowest BCUT2D eigenvalue weighted by molar-refractivity contribution is -0.384. The SMILES string of the molecule is CCN(CC)S(=O)(=O)c1ccc(CNC(=O)c2cc([N+](=O)[O-])ccc2N2CCCC2)cc1. The van der Waals surface area contributed by atoms with Crippen molar-refractivity contribution in [2.75, 3.05) is 31.1 Å². The van der Waals surface area contributed by atoms with E-state index in [4.69, 9.17) is 0 Å². The van der Waals surface area contributed by atoms with Gasteiger partial charge in [0.2, 0.25) is 10.0 Å². The molecule has 1 amide bonds. The number of nitrogens with zero attached hydrogens (tertiary/aromatic N) is 3. The highest BCUT2D eigenvalue weighted by Gasteiger charge is 2.23. The summed E-state index contributed by atoms with van der Waals surface area (Å²) in [4.78, 5) is 25.8. The van der Waals surface area contributed by atoms with Crippen LogP contribution in [0.1, 0.15) is 42.6 Å². The summed E-state index contributed by atoms with van der Waals surface area (Å²) in [7, 11) is -3.54. The average Bonchev–Trinajstić information content (AvgIpc) is 3.32. The normalized spacial score (nSPS) is 14.0. The van der Waals surface area contributed by atoms with Crippen LogP contribution in [0.3, 0.4) is 0 Å². The molecule has 1 heterocycles. The van der Waals surface area contributed by atoms with E-state index < -0.39 is 20.9 Å². The van der Waals surface area contributed by atoms with E-state index in [1.165, 1.54) is 28.6 Å². The number of sulfonamides is 1. The molecule has 0 aromatic heterocycles. The lowest BCUT2D eigenvalue weighted by Crippen LogP contribution is -2.30. The molecular formula is C22H28N4O5S. The monoisotopic (exact) mass is 460 g/mol. The number of hydrogen-bond acceptors (Lipinski definition) is 6. The number of hydrogen-bond donors (Lipinski definition) is 1. The molecule has 1 aliphatic rings. The fraction of sp³-hybridized carbons (Fsp3) is 0.409. The van der Waals surface area contributed by atoms with Crippen LogP contribution in [-0.2, 0) is 16.6 Å². The van der Waals surface area contributed by atoms with Gasteiger partial charge in [0, 0.05) is 44.9 Å². The molecule has 0 bridgehead atoms. The first-order valence-electron chi connectivity index (χ1n) is 10.7. The molecule has 0 radical (unpaired) electrons. The van der Waals surface area contributed by atoms with Crippen LogP contribution in [0, 0.1) is 10.1 Å². The van der Waals surface area contributed by atoms with Crippen LogP contribution < -0.4 is 10.2 Å². The predicted molar refractivity (Wildman–Crippen MR) is 122 cm³/mol. The van der Waals surface area contributed by atoms with Crippen molar-refractivity contribution in [1.82, 2.24) is 9.62 Å². The Morgan fingerprint density at radius 2 is 1.72 bits per heavy atom. The minimum atomic E-state index is -3.54. The second-order valence-electron chi connectivity index (χ2n) is 7.57. The molecule has 172 valence electrons. The number of nitrogens with one attached hydrogen (secondary N) is 1. The Morgan fingerprint density at radius 1 is 1.09 bits per heavy atom. The Balaban J connectivity index is 1.75. The number of amides is 1. The van der Waals surface area contributed by atoms with E-state index in [1.54, 1.807) is 32.0 Å². The van der Waals surface area contributed by atoms with Gasteiger partial charge in [0.15, 0.2) is 0 Å². The van der Waals surface area contributed by atoms with Gasteiger partial charge in [0.25, 0.3) is 11.6 Å². The molecule has 0 saturated carbocycles. The zero-order valence-corrected chi connectivity index (χ0v) is 19.1. The van der Waals surface area contributed by atoms with E-state index in [1.807, 2.05) is 0 Å². The van der Waals surface area contributed by atoms with Crippen molar-refractivity contribution in [1.29, 1.82) is 0 Å². The van der Waals surface area contributed by atoms with Gasteiger partial charge >= 0.3 is 0 Å². The fourth-order valence-electron chi connectivity index (χ4n) is 3.82. The molecule has 10 heteroatoms. The summed E-state index contributed by atoms with van der Waals surface area (Å²) < 4.78 is 26.6. The second-order valence-corrected chi connectivity index (χ2v) is 9.51. The highest BCUT2D eigenvalue weighted by atomic mass is 32.2. The van der Waals surface area contributed by atoms with Gasteiger partial charge in [-0.05, 0) is 36.6 Å². The Bertz CT molecular complexity index is 1080. The van der Waals surface area contributed by atoms with E-state index in [2.05, 4.69) is 10.2 Å². The van der Waals surface area contributed by atoms with E-state index in [9.17, 15) is 23.3 Å². The number of carbonyl (C=O) groups is 1. The minimum absolute atomic E-state index is 0.135. The zero-order chi connectivity index (χ0) is 23.3. The molecule has 0 aliphatic carbocycles. The van der Waals surface area contributed by atoms with Crippen molar-refractivity contribution in [3.8, 4) is 0 Å². The number of rotatable bonds is 9. The Kier molecular flexibility index (Phi) is 7.47. The summed E-state index contributed by atoms with van der Waals surface area (Å²) in [6, 6.07) is 10.7. The Labute approximate surface area is 188 Å². The third-order valence-corrected chi connectivity index (χ3v) is 7.67. The molecule has 1 fully saturated rings. The Hall–Kier alpha value is -2.98. The lowest BCUT2D eigenvalue weighted by atomic mass is 10.1. The first-order valence-corrected chi connectivity index (χ1v) is 12.1. The molecule has 2 aromatic rings. The number of anilines is 1. The first-order chi connectivity index (χ1) is 15.3. The van der Waals surface area contributed by atoms with E-state index in [0.29, 0.717) is 18.8 Å². The number of nitro groups is 1. The summed E-state index contributed by atoms with van der Waals surface area (Å²) >= 11 is 0. The lowest BCUT2D eigenvalue weighted by Gasteiger charge is -2.21. The van der Waals surface area contributed by atoms with Crippen molar-refractivity contribution >= 4 is 27.3 Å². The van der Waals surface area contributed by atoms with Gasteiger partial charge in [0.05, 0.1) is 21.1 Å². The van der Waals surface area contributed by atoms with Crippen molar-refractivity contribution < 1.29 is 18.1 Å². The summed E-state index contributed by atoms with van der Waals surface area (Å²) in [5.41, 5.74) is 1.54. The number of benzene rings is 2. The maximum absolute atomic E-state index is 12.9. The van der Waals surface area contributed by atoms with E-state index in [0.717, 1.165) is 31.5 Å². The van der Waals surface area contributed by atoms with Crippen molar-refractivity contribution in [2.45, 2.75) is 38.1 Å². The topological polar surface area (TPSA) is 113 Å². The third-order valence-electron chi connectivity index (χ3n) is 5.60. The smallest absolute Gasteiger partial charge is 0.270 e. The molecule has 9 nitrogen and oxygen atoms in total. The molecule has 2 aromatic carbocycles. The molecule has 0 atom stereocenters. The van der Waals surface area contributed by atoms with Crippen molar-refractivity contribution in [3.05, 3.63) is 63.7 Å². The number of non-ortho nitro benzene ring substituents is 1. The van der Waals surface area contributed by atoms with Crippen LogP contribution >= 0.6 is 0 Å². The van der Waals surface area contributed by atoms with Crippen LogP contribution in [0.5, 0.6) is 0 Å². The summed E-state index contributed by atoms with van der Waals surface area (Å²) in [6.45, 7) is 6.14. The van der Waals surface area contributed by atoms with Gasteiger partial charge in [-0.15, -0.1) is 0 Å². The summed E-state index contributed by atoms with van der Waals surface area (Å²) in [5.74, 6) is -0.407. The highest BCUT2D eigenvalue weighted by molar-refractivity contribution is 7.89. The maximum atomic E-state index is 12.9. The third kappa shape index (κ3) is 5.08. The molecular weight excluding hydrogens is 432 g/mol. The van der Waals surface area contributed by atoms with Crippen molar-refractivity contribution in [3.63, 3.8) is 0 Å². The molecule has 1 N–H and O–H groups in total. The van der Waals surface area contributed by atoms with Crippen molar-refractivity contribution in [2.24, 2.45) is 0 Å². The predicted octanol–water partition coefficient (Wildman–Crippen LogP) is 3.16. The van der Waals surface area contributed by atoms with Crippen LogP contribution in [-0.4, -0.2) is 49.7 Å². The van der Waals surface area contributed by atoms with E-state index >= 15 is 0 Å². The fourth-order valence-corrected chi connectivity index (χ4v) is 5.28. The van der Waals surface area contributed by atoms with Gasteiger partial charge in [0.1, 0.15) is 0 Å². The molecule has 3 rings (SSSR count). The standard InChI is InChI=1S/C22H28N4O5S/c1-3-25(4-2)32(30,31)19-10-7-17(8-11-19)16-23-22(27)20-15-18(26(28)29)9-12-21(20)24-13-5-6-14-24/h7-12,15H,3-6,13-14,16H2,1-2H3,(H,23,27). The van der Waals surface area contributed by atoms with Gasteiger partial charge in [-0.3, -0.25) is 14.9 Å². The molecule has 1 aliphatic heterocycles. The zero-order valence-electron chi connectivity index (χ0n) is 18.3. The molecule has 1 saturated heterocycles. The second kappa shape index (κ2) is 10.1. The quantitative estimate of drug-likeness (QED) is 0.454. The average molecular weight is 461 g/mol. The summed E-state index contributed by atoms with van der Waals surface area (Å²) in [5, 5.41) is 14.0. The number of carbonyl (C=O) groups excluding carboxylic acids is 1. The van der Waals surface area contributed by atoms with Gasteiger partial charge in [-0.25, -0.2) is 8.42 Å². The van der Waals surface area contributed by atoms with Gasteiger partial charge in [-0.2, -0.15) is 4.31 Å². The van der Waals surface area contributed by atoms with Crippen LogP contribution in [0.25, 0.3) is 0 Å².